The Bertz CT molecular complexity index is 1140. The third-order valence-corrected chi connectivity index (χ3v) is 4.58. The Hall–Kier alpha value is -4.89. The fourth-order valence-electron chi connectivity index (χ4n) is 2.95. The molecule has 2 N–H and O–H groups in total. The van der Waals surface area contributed by atoms with Gasteiger partial charge in [0.25, 0.3) is 22.7 Å². The van der Waals surface area contributed by atoms with E-state index in [2.05, 4.69) is 10.6 Å². The molecule has 34 heavy (non-hydrogen) atoms. The summed E-state index contributed by atoms with van der Waals surface area (Å²) in [6.07, 6.45) is 0.288. The number of methoxy groups -OCH3 is 1. The van der Waals surface area contributed by atoms with Crippen LogP contribution in [-0.2, 0) is 9.53 Å². The van der Waals surface area contributed by atoms with E-state index in [0.29, 0.717) is 0 Å². The molecular formula is C18H18N6O10. The molecule has 16 heteroatoms. The zero-order valence-electron chi connectivity index (χ0n) is 17.5. The highest BCUT2D eigenvalue weighted by atomic mass is 16.6. The third kappa shape index (κ3) is 6.31. The molecule has 1 unspecified atom stereocenters. The smallest absolute Gasteiger partial charge is 0.328 e. The number of nitrogens with one attached hydrogen (secondary N) is 2. The van der Waals surface area contributed by atoms with Gasteiger partial charge in [-0.15, -0.1) is 0 Å². The minimum Gasteiger partial charge on any atom is -0.467 e. The summed E-state index contributed by atoms with van der Waals surface area (Å²) in [7, 11) is 1.11. The molecule has 2 aromatic rings. The quantitative estimate of drug-likeness (QED) is 0.194. The summed E-state index contributed by atoms with van der Waals surface area (Å²) < 4.78 is 4.70. The van der Waals surface area contributed by atoms with Gasteiger partial charge >= 0.3 is 5.97 Å². The number of carbonyl (C=O) groups is 1. The highest BCUT2D eigenvalue weighted by Crippen LogP contribution is 2.31. The lowest BCUT2D eigenvalue weighted by Crippen LogP contribution is -2.31. The molecule has 0 aliphatic rings. The van der Waals surface area contributed by atoms with Crippen LogP contribution >= 0.6 is 0 Å². The van der Waals surface area contributed by atoms with Crippen molar-refractivity contribution in [3.05, 3.63) is 76.9 Å². The molecule has 0 saturated carbocycles. The highest BCUT2D eigenvalue weighted by molar-refractivity contribution is 5.81. The molecule has 0 aromatic heterocycles. The van der Waals surface area contributed by atoms with Crippen LogP contribution in [0.4, 0.5) is 34.1 Å². The first-order chi connectivity index (χ1) is 16.0. The van der Waals surface area contributed by atoms with Gasteiger partial charge in [0.1, 0.15) is 17.4 Å². The summed E-state index contributed by atoms with van der Waals surface area (Å²) in [5.74, 6) is -0.756. The van der Waals surface area contributed by atoms with Crippen molar-refractivity contribution in [2.75, 3.05) is 24.3 Å². The van der Waals surface area contributed by atoms with E-state index in [-0.39, 0.29) is 30.8 Å². The molecule has 0 fully saturated rings. The van der Waals surface area contributed by atoms with E-state index in [0.717, 1.165) is 37.4 Å². The normalized spacial score (nSPS) is 11.2. The molecule has 0 saturated heterocycles. The van der Waals surface area contributed by atoms with Gasteiger partial charge in [0, 0.05) is 18.7 Å². The predicted octanol–water partition coefficient (Wildman–Crippen LogP) is 3.17. The molecule has 0 spiro atoms. The Morgan fingerprint density at radius 1 is 0.853 bits per heavy atom. The summed E-state index contributed by atoms with van der Waals surface area (Å²) in [6, 6.07) is 4.93. The van der Waals surface area contributed by atoms with Crippen molar-refractivity contribution in [2.24, 2.45) is 0 Å². The van der Waals surface area contributed by atoms with Gasteiger partial charge in [-0.3, -0.25) is 40.5 Å². The number of nitrogens with zero attached hydrogens (tertiary/aromatic N) is 4. The lowest BCUT2D eigenvalue weighted by molar-refractivity contribution is -0.393. The number of carbonyl (C=O) groups excluding carboxylic acids is 1. The average Bonchev–Trinajstić information content (AvgIpc) is 2.80. The second-order valence-corrected chi connectivity index (χ2v) is 6.72. The lowest BCUT2D eigenvalue weighted by atomic mass is 10.1. The number of anilines is 2. The second-order valence-electron chi connectivity index (χ2n) is 6.72. The van der Waals surface area contributed by atoms with E-state index in [1.165, 1.54) is 6.07 Å². The maximum absolute atomic E-state index is 12.1. The first-order valence-corrected chi connectivity index (χ1v) is 9.49. The number of nitro benzene ring substituents is 4. The predicted molar refractivity (Wildman–Crippen MR) is 117 cm³/mol. The van der Waals surface area contributed by atoms with E-state index in [1.54, 1.807) is 0 Å². The van der Waals surface area contributed by atoms with Crippen LogP contribution < -0.4 is 10.6 Å². The number of hydrogen-bond donors (Lipinski definition) is 2. The Morgan fingerprint density at radius 3 is 1.82 bits per heavy atom. The van der Waals surface area contributed by atoms with Crippen LogP contribution in [0.25, 0.3) is 0 Å². The number of rotatable bonds is 12. The van der Waals surface area contributed by atoms with E-state index in [1.807, 2.05) is 0 Å². The van der Waals surface area contributed by atoms with Gasteiger partial charge < -0.3 is 15.4 Å². The average molecular weight is 478 g/mol. The molecule has 1 atom stereocenters. The number of non-ortho nitro benzene ring substituents is 2. The SMILES string of the molecule is COC(=O)C(CCCNc1ccc([N+](=O)[O-])cc1[N+](=O)[O-])Nc1ccc([N+](=O)[O-])cc1[N+](=O)[O-]. The number of nitro groups is 4. The molecule has 2 aromatic carbocycles. The maximum Gasteiger partial charge on any atom is 0.328 e. The molecule has 16 nitrogen and oxygen atoms in total. The monoisotopic (exact) mass is 478 g/mol. The number of benzene rings is 2. The molecule has 180 valence electrons. The third-order valence-electron chi connectivity index (χ3n) is 4.58. The topological polar surface area (TPSA) is 223 Å². The van der Waals surface area contributed by atoms with Gasteiger partial charge in [-0.25, -0.2) is 4.79 Å². The van der Waals surface area contributed by atoms with Crippen molar-refractivity contribution in [1.29, 1.82) is 0 Å². The van der Waals surface area contributed by atoms with Crippen LogP contribution in [0.5, 0.6) is 0 Å². The molecule has 0 aliphatic carbocycles. The zero-order chi connectivity index (χ0) is 25.4. The highest BCUT2D eigenvalue weighted by Gasteiger charge is 2.25. The minimum atomic E-state index is -1.07. The summed E-state index contributed by atoms with van der Waals surface area (Å²) in [4.78, 5) is 53.2. The number of ether oxygens (including phenoxy) is 1. The Kier molecular flexibility index (Phi) is 8.30. The van der Waals surface area contributed by atoms with E-state index >= 15 is 0 Å². The van der Waals surface area contributed by atoms with Crippen molar-refractivity contribution >= 4 is 40.1 Å². The molecule has 0 heterocycles. The fraction of sp³-hybridized carbons (Fsp3) is 0.278. The fourth-order valence-corrected chi connectivity index (χ4v) is 2.95. The van der Waals surface area contributed by atoms with E-state index < -0.39 is 54.5 Å². The Balaban J connectivity index is 2.11. The lowest BCUT2D eigenvalue weighted by Gasteiger charge is -2.18. The number of hydrogen-bond acceptors (Lipinski definition) is 12. The summed E-state index contributed by atoms with van der Waals surface area (Å²) in [6.45, 7) is 0.107. The summed E-state index contributed by atoms with van der Waals surface area (Å²) in [5.41, 5.74) is -2.16. The largest absolute Gasteiger partial charge is 0.467 e. The zero-order valence-corrected chi connectivity index (χ0v) is 17.5. The standard InChI is InChI=1S/C18H18N6O10/c1-34-18(25)15(20-14-7-5-12(22(28)29)10-17(14)24(32)33)3-2-8-19-13-6-4-11(21(26)27)9-16(13)23(30)31/h4-7,9-10,15,19-20H,2-3,8H2,1H3. The van der Waals surface area contributed by atoms with Gasteiger partial charge in [0.15, 0.2) is 0 Å². The van der Waals surface area contributed by atoms with Crippen LogP contribution in [0.2, 0.25) is 0 Å². The van der Waals surface area contributed by atoms with Gasteiger partial charge in [-0.05, 0) is 25.0 Å². The van der Waals surface area contributed by atoms with Gasteiger partial charge in [0.2, 0.25) is 0 Å². The van der Waals surface area contributed by atoms with Crippen LogP contribution in [0.3, 0.4) is 0 Å². The van der Waals surface area contributed by atoms with Crippen LogP contribution in [0.1, 0.15) is 12.8 Å². The van der Waals surface area contributed by atoms with Crippen LogP contribution in [-0.4, -0.2) is 45.4 Å². The summed E-state index contributed by atoms with van der Waals surface area (Å²) >= 11 is 0. The van der Waals surface area contributed by atoms with Gasteiger partial charge in [-0.1, -0.05) is 0 Å². The van der Waals surface area contributed by atoms with Crippen molar-refractivity contribution < 1.29 is 29.2 Å². The van der Waals surface area contributed by atoms with Crippen molar-refractivity contribution in [3.8, 4) is 0 Å². The first kappa shape index (κ1) is 25.4. The van der Waals surface area contributed by atoms with Gasteiger partial charge in [-0.2, -0.15) is 0 Å². The molecule has 0 radical (unpaired) electrons. The van der Waals surface area contributed by atoms with E-state index in [4.69, 9.17) is 4.74 Å². The van der Waals surface area contributed by atoms with Crippen molar-refractivity contribution in [2.45, 2.75) is 18.9 Å². The first-order valence-electron chi connectivity index (χ1n) is 9.49. The maximum atomic E-state index is 12.1. The minimum absolute atomic E-state index is 0.0317. The molecule has 0 aliphatic heterocycles. The summed E-state index contributed by atoms with van der Waals surface area (Å²) in [5, 5.41) is 49.6. The van der Waals surface area contributed by atoms with E-state index in [9.17, 15) is 45.3 Å². The molecule has 0 amide bonds. The Morgan fingerprint density at radius 2 is 1.35 bits per heavy atom. The Labute approximate surface area is 190 Å². The molecular weight excluding hydrogens is 460 g/mol. The van der Waals surface area contributed by atoms with Crippen molar-refractivity contribution in [3.63, 3.8) is 0 Å². The van der Waals surface area contributed by atoms with Crippen molar-refractivity contribution in [1.82, 2.24) is 0 Å². The van der Waals surface area contributed by atoms with Crippen LogP contribution in [0.15, 0.2) is 36.4 Å². The van der Waals surface area contributed by atoms with Gasteiger partial charge in [0.05, 0.1) is 38.9 Å². The molecule has 0 bridgehead atoms. The van der Waals surface area contributed by atoms with Crippen LogP contribution in [0, 0.1) is 40.5 Å². The second kappa shape index (κ2) is 11.1. The molecule has 2 rings (SSSR count). The number of esters is 1.